The third-order valence-corrected chi connectivity index (χ3v) is 2.48. The Balaban J connectivity index is 2.83. The van der Waals surface area contributed by atoms with Crippen LogP contribution in [0.15, 0.2) is 18.2 Å². The summed E-state index contributed by atoms with van der Waals surface area (Å²) in [6, 6.07) is 5.74. The molecule has 1 atom stereocenters. The van der Waals surface area contributed by atoms with Gasteiger partial charge in [0, 0.05) is 18.5 Å². The van der Waals surface area contributed by atoms with E-state index in [9.17, 15) is 0 Å². The number of hydrogen-bond donors (Lipinski definition) is 2. The molecule has 1 rings (SSSR count). The number of anilines is 1. The highest BCUT2D eigenvalue weighted by molar-refractivity contribution is 7.80. The van der Waals surface area contributed by atoms with Gasteiger partial charge in [-0.1, -0.05) is 12.2 Å². The molecule has 0 saturated carbocycles. The van der Waals surface area contributed by atoms with Crippen molar-refractivity contribution in [2.24, 2.45) is 5.73 Å². The molecule has 0 aliphatic rings. The van der Waals surface area contributed by atoms with Gasteiger partial charge in [-0.15, -0.1) is 0 Å². The Morgan fingerprint density at radius 3 is 2.65 bits per heavy atom. The minimum Gasteiger partial charge on any atom is -0.497 e. The molecule has 0 spiro atoms. The number of ether oxygens (including phenoxy) is 2. The van der Waals surface area contributed by atoms with Crippen LogP contribution in [0.1, 0.15) is 13.3 Å². The lowest BCUT2D eigenvalue weighted by molar-refractivity contribution is 0.404. The Kier molecular flexibility index (Phi) is 5.03. The molecule has 0 fully saturated rings. The first-order valence-corrected chi connectivity index (χ1v) is 5.74. The van der Waals surface area contributed by atoms with E-state index in [1.807, 2.05) is 25.1 Å². The molecule has 0 amide bonds. The van der Waals surface area contributed by atoms with E-state index in [-0.39, 0.29) is 6.04 Å². The summed E-state index contributed by atoms with van der Waals surface area (Å²) in [5.41, 5.74) is 6.38. The third kappa shape index (κ3) is 4.11. The molecule has 0 bridgehead atoms. The fourth-order valence-electron chi connectivity index (χ4n) is 1.55. The summed E-state index contributed by atoms with van der Waals surface area (Å²) in [4.78, 5) is 0.492. The second-order valence-corrected chi connectivity index (χ2v) is 4.31. The van der Waals surface area contributed by atoms with Gasteiger partial charge in [-0.2, -0.15) is 0 Å². The van der Waals surface area contributed by atoms with Crippen molar-refractivity contribution < 1.29 is 9.47 Å². The highest BCUT2D eigenvalue weighted by Gasteiger charge is 2.09. The summed E-state index contributed by atoms with van der Waals surface area (Å²) in [5, 5.41) is 3.29. The molecular formula is C12H18N2O2S. The normalized spacial score (nSPS) is 11.7. The van der Waals surface area contributed by atoms with Crippen LogP contribution in [0.5, 0.6) is 11.5 Å². The molecule has 0 radical (unpaired) electrons. The van der Waals surface area contributed by atoms with Gasteiger partial charge in [0.05, 0.1) is 24.9 Å². The van der Waals surface area contributed by atoms with Gasteiger partial charge in [-0.05, 0) is 19.1 Å². The average molecular weight is 254 g/mol. The summed E-state index contributed by atoms with van der Waals surface area (Å²) in [7, 11) is 3.26. The molecule has 4 nitrogen and oxygen atoms in total. The monoisotopic (exact) mass is 254 g/mol. The molecule has 1 aromatic carbocycles. The molecule has 1 aromatic rings. The second kappa shape index (κ2) is 6.30. The summed E-state index contributed by atoms with van der Waals surface area (Å²) in [5.74, 6) is 1.54. The van der Waals surface area contributed by atoms with Gasteiger partial charge in [0.1, 0.15) is 11.5 Å². The van der Waals surface area contributed by atoms with E-state index in [2.05, 4.69) is 5.32 Å². The predicted molar refractivity (Wildman–Crippen MR) is 74.0 cm³/mol. The Bertz CT molecular complexity index is 396. The average Bonchev–Trinajstić information content (AvgIpc) is 2.27. The number of rotatable bonds is 6. The van der Waals surface area contributed by atoms with Crippen molar-refractivity contribution in [3.63, 3.8) is 0 Å². The van der Waals surface area contributed by atoms with Crippen molar-refractivity contribution in [1.82, 2.24) is 0 Å². The fourth-order valence-corrected chi connectivity index (χ4v) is 1.80. The van der Waals surface area contributed by atoms with Crippen LogP contribution in [0.3, 0.4) is 0 Å². The Labute approximate surface area is 107 Å². The lowest BCUT2D eigenvalue weighted by Crippen LogP contribution is -2.23. The molecule has 5 heteroatoms. The molecule has 94 valence electrons. The highest BCUT2D eigenvalue weighted by Crippen LogP contribution is 2.29. The second-order valence-electron chi connectivity index (χ2n) is 3.78. The lowest BCUT2D eigenvalue weighted by Gasteiger charge is -2.17. The van der Waals surface area contributed by atoms with Gasteiger partial charge in [0.15, 0.2) is 0 Å². The zero-order valence-corrected chi connectivity index (χ0v) is 11.1. The predicted octanol–water partition coefficient (Wildman–Crippen LogP) is 2.18. The summed E-state index contributed by atoms with van der Waals surface area (Å²) in [6.07, 6.45) is 0.635. The molecular weight excluding hydrogens is 236 g/mol. The SMILES string of the molecule is COc1ccc(OC)c(NC(C)CC(N)=S)c1. The maximum Gasteiger partial charge on any atom is 0.142 e. The van der Waals surface area contributed by atoms with E-state index in [1.165, 1.54) is 0 Å². The number of hydrogen-bond acceptors (Lipinski definition) is 4. The van der Waals surface area contributed by atoms with Gasteiger partial charge in [0.25, 0.3) is 0 Å². The standard InChI is InChI=1S/C12H18N2O2S/c1-8(6-12(13)17)14-10-7-9(15-2)4-5-11(10)16-3/h4-5,7-8,14H,6H2,1-3H3,(H2,13,17). The first-order chi connectivity index (χ1) is 8.06. The maximum atomic E-state index is 5.51. The van der Waals surface area contributed by atoms with Gasteiger partial charge >= 0.3 is 0 Å². The zero-order chi connectivity index (χ0) is 12.8. The van der Waals surface area contributed by atoms with Crippen LogP contribution in [0.2, 0.25) is 0 Å². The lowest BCUT2D eigenvalue weighted by atomic mass is 10.2. The van der Waals surface area contributed by atoms with Crippen LogP contribution in [0.25, 0.3) is 0 Å². The van der Waals surface area contributed by atoms with Gasteiger partial charge < -0.3 is 20.5 Å². The fraction of sp³-hybridized carbons (Fsp3) is 0.417. The topological polar surface area (TPSA) is 56.5 Å². The number of nitrogens with one attached hydrogen (secondary N) is 1. The largest absolute Gasteiger partial charge is 0.497 e. The Morgan fingerprint density at radius 2 is 2.12 bits per heavy atom. The maximum absolute atomic E-state index is 5.51. The van der Waals surface area contributed by atoms with Gasteiger partial charge in [0.2, 0.25) is 0 Å². The van der Waals surface area contributed by atoms with Crippen LogP contribution in [0, 0.1) is 0 Å². The van der Waals surface area contributed by atoms with E-state index in [0.717, 1.165) is 17.2 Å². The van der Waals surface area contributed by atoms with Crippen molar-refractivity contribution in [3.05, 3.63) is 18.2 Å². The summed E-state index contributed by atoms with van der Waals surface area (Å²) in [6.45, 7) is 2.01. The van der Waals surface area contributed by atoms with Crippen molar-refractivity contribution in [2.45, 2.75) is 19.4 Å². The van der Waals surface area contributed by atoms with Crippen LogP contribution in [-0.4, -0.2) is 25.2 Å². The van der Waals surface area contributed by atoms with Crippen LogP contribution < -0.4 is 20.5 Å². The van der Waals surface area contributed by atoms with Crippen molar-refractivity contribution in [1.29, 1.82) is 0 Å². The van der Waals surface area contributed by atoms with Crippen molar-refractivity contribution in [3.8, 4) is 11.5 Å². The quantitative estimate of drug-likeness (QED) is 0.762. The van der Waals surface area contributed by atoms with Crippen molar-refractivity contribution in [2.75, 3.05) is 19.5 Å². The molecule has 0 saturated heterocycles. The minimum absolute atomic E-state index is 0.147. The van der Waals surface area contributed by atoms with E-state index in [0.29, 0.717) is 11.4 Å². The van der Waals surface area contributed by atoms with Gasteiger partial charge in [-0.25, -0.2) is 0 Å². The number of benzene rings is 1. The smallest absolute Gasteiger partial charge is 0.142 e. The summed E-state index contributed by atoms with van der Waals surface area (Å²) < 4.78 is 10.4. The molecule has 0 heterocycles. The first-order valence-electron chi connectivity index (χ1n) is 5.33. The molecule has 0 aromatic heterocycles. The third-order valence-electron chi connectivity index (χ3n) is 2.32. The molecule has 3 N–H and O–H groups in total. The van der Waals surface area contributed by atoms with E-state index in [1.54, 1.807) is 14.2 Å². The highest BCUT2D eigenvalue weighted by atomic mass is 32.1. The Morgan fingerprint density at radius 1 is 1.41 bits per heavy atom. The number of nitrogens with two attached hydrogens (primary N) is 1. The number of thiocarbonyl (C=S) groups is 1. The van der Waals surface area contributed by atoms with Crippen molar-refractivity contribution >= 4 is 22.9 Å². The molecule has 17 heavy (non-hydrogen) atoms. The zero-order valence-electron chi connectivity index (χ0n) is 10.3. The molecule has 0 aliphatic heterocycles. The van der Waals surface area contributed by atoms with E-state index >= 15 is 0 Å². The number of methoxy groups -OCH3 is 2. The minimum atomic E-state index is 0.147. The van der Waals surface area contributed by atoms with E-state index < -0.39 is 0 Å². The molecule has 1 unspecified atom stereocenters. The van der Waals surface area contributed by atoms with E-state index in [4.69, 9.17) is 27.4 Å². The molecule has 0 aliphatic carbocycles. The van der Waals surface area contributed by atoms with Crippen LogP contribution >= 0.6 is 12.2 Å². The first kappa shape index (κ1) is 13.6. The summed E-state index contributed by atoms with van der Waals surface area (Å²) >= 11 is 4.88. The van der Waals surface area contributed by atoms with Crippen LogP contribution in [0.4, 0.5) is 5.69 Å². The van der Waals surface area contributed by atoms with Gasteiger partial charge in [-0.3, -0.25) is 0 Å². The van der Waals surface area contributed by atoms with Crippen LogP contribution in [-0.2, 0) is 0 Å². The Hall–Kier alpha value is -1.49.